The number of anilines is 1. The molecule has 5 nitrogen and oxygen atoms in total. The fourth-order valence-electron chi connectivity index (χ4n) is 1.86. The second-order valence-corrected chi connectivity index (χ2v) is 3.69. The largest absolute Gasteiger partial charge is 0.384 e. The second kappa shape index (κ2) is 3.20. The van der Waals surface area contributed by atoms with E-state index in [9.17, 15) is 0 Å². The fourth-order valence-corrected chi connectivity index (χ4v) is 1.86. The molecule has 1 atom stereocenters. The van der Waals surface area contributed by atoms with Crippen molar-refractivity contribution in [3.05, 3.63) is 24.0 Å². The lowest BCUT2D eigenvalue weighted by atomic mass is 10.2. The van der Waals surface area contributed by atoms with Crippen molar-refractivity contribution in [2.45, 2.75) is 18.9 Å². The topological polar surface area (TPSA) is 65.4 Å². The van der Waals surface area contributed by atoms with Crippen molar-refractivity contribution in [3.63, 3.8) is 0 Å². The van der Waals surface area contributed by atoms with E-state index in [1.165, 1.54) is 0 Å². The van der Waals surface area contributed by atoms with E-state index >= 15 is 0 Å². The van der Waals surface area contributed by atoms with Gasteiger partial charge in [0.05, 0.1) is 0 Å². The number of aromatic nitrogens is 3. The molecule has 0 radical (unpaired) electrons. The van der Waals surface area contributed by atoms with E-state index in [0.29, 0.717) is 5.82 Å². The Hall–Kier alpha value is -1.62. The number of hydrogen-bond acceptors (Lipinski definition) is 4. The van der Waals surface area contributed by atoms with Gasteiger partial charge in [-0.1, -0.05) is 6.07 Å². The maximum Gasteiger partial charge on any atom is 0.180 e. The van der Waals surface area contributed by atoms with Gasteiger partial charge in [-0.15, -0.1) is 5.10 Å². The number of rotatable bonds is 1. The molecule has 0 aliphatic carbocycles. The van der Waals surface area contributed by atoms with Crippen LogP contribution in [-0.2, 0) is 4.74 Å². The quantitative estimate of drug-likeness (QED) is 0.757. The van der Waals surface area contributed by atoms with Crippen molar-refractivity contribution < 1.29 is 4.74 Å². The van der Waals surface area contributed by atoms with Gasteiger partial charge in [-0.05, 0) is 25.0 Å². The van der Waals surface area contributed by atoms with E-state index in [0.717, 1.165) is 30.9 Å². The Bertz CT molecular complexity index is 487. The lowest BCUT2D eigenvalue weighted by Crippen LogP contribution is -2.00. The Labute approximate surface area is 86.9 Å². The number of nitrogen functional groups attached to an aromatic ring is 1. The number of hydrogen-bond donors (Lipinski definition) is 1. The zero-order valence-electron chi connectivity index (χ0n) is 8.26. The van der Waals surface area contributed by atoms with Gasteiger partial charge in [-0.2, -0.15) is 4.52 Å². The van der Waals surface area contributed by atoms with Gasteiger partial charge in [0.1, 0.15) is 11.9 Å². The number of nitrogens with two attached hydrogens (primary N) is 1. The first-order valence-electron chi connectivity index (χ1n) is 5.07. The molecule has 15 heavy (non-hydrogen) atoms. The molecule has 1 unspecified atom stereocenters. The van der Waals surface area contributed by atoms with Crippen LogP contribution < -0.4 is 5.73 Å². The van der Waals surface area contributed by atoms with Crippen LogP contribution in [0.25, 0.3) is 5.65 Å². The molecular weight excluding hydrogens is 192 g/mol. The molecule has 0 amide bonds. The van der Waals surface area contributed by atoms with Gasteiger partial charge in [0.15, 0.2) is 11.5 Å². The summed E-state index contributed by atoms with van der Waals surface area (Å²) >= 11 is 0. The van der Waals surface area contributed by atoms with Crippen molar-refractivity contribution in [3.8, 4) is 0 Å². The summed E-state index contributed by atoms with van der Waals surface area (Å²) in [7, 11) is 0. The molecule has 5 heteroatoms. The highest BCUT2D eigenvalue weighted by atomic mass is 16.5. The van der Waals surface area contributed by atoms with Crippen LogP contribution in [0.1, 0.15) is 24.8 Å². The molecule has 1 aliphatic heterocycles. The Morgan fingerprint density at radius 2 is 2.40 bits per heavy atom. The molecular formula is C10H12N4O. The maximum atomic E-state index is 5.79. The molecule has 2 aromatic rings. The summed E-state index contributed by atoms with van der Waals surface area (Å²) < 4.78 is 7.18. The van der Waals surface area contributed by atoms with Gasteiger partial charge in [0, 0.05) is 6.61 Å². The molecule has 0 aromatic carbocycles. The highest BCUT2D eigenvalue weighted by molar-refractivity contribution is 5.46. The lowest BCUT2D eigenvalue weighted by Gasteiger charge is -2.01. The highest BCUT2D eigenvalue weighted by Crippen LogP contribution is 2.26. The third kappa shape index (κ3) is 1.35. The van der Waals surface area contributed by atoms with E-state index in [1.807, 2.05) is 12.1 Å². The SMILES string of the molecule is Nc1cccc2nc(C3CCCO3)nn12. The Morgan fingerprint density at radius 1 is 1.47 bits per heavy atom. The molecule has 3 rings (SSSR count). The summed E-state index contributed by atoms with van der Waals surface area (Å²) in [6.07, 6.45) is 2.12. The monoisotopic (exact) mass is 204 g/mol. The van der Waals surface area contributed by atoms with Crippen molar-refractivity contribution in [2.75, 3.05) is 12.3 Å². The minimum Gasteiger partial charge on any atom is -0.384 e. The highest BCUT2D eigenvalue weighted by Gasteiger charge is 2.22. The van der Waals surface area contributed by atoms with Crippen LogP contribution in [0.4, 0.5) is 5.82 Å². The molecule has 1 fully saturated rings. The van der Waals surface area contributed by atoms with E-state index in [-0.39, 0.29) is 6.10 Å². The van der Waals surface area contributed by atoms with Crippen molar-refractivity contribution in [1.82, 2.24) is 14.6 Å². The minimum absolute atomic E-state index is 0.0456. The van der Waals surface area contributed by atoms with Crippen LogP contribution in [-0.4, -0.2) is 21.2 Å². The maximum absolute atomic E-state index is 5.79. The number of ether oxygens (including phenoxy) is 1. The number of fused-ring (bicyclic) bond motifs is 1. The van der Waals surface area contributed by atoms with Crippen LogP contribution in [0.15, 0.2) is 18.2 Å². The molecule has 3 heterocycles. The van der Waals surface area contributed by atoms with E-state index in [2.05, 4.69) is 10.1 Å². The van der Waals surface area contributed by atoms with Gasteiger partial charge < -0.3 is 10.5 Å². The van der Waals surface area contributed by atoms with Crippen LogP contribution in [0, 0.1) is 0 Å². The first kappa shape index (κ1) is 8.67. The Morgan fingerprint density at radius 3 is 3.13 bits per heavy atom. The van der Waals surface area contributed by atoms with Crippen molar-refractivity contribution in [1.29, 1.82) is 0 Å². The summed E-state index contributed by atoms with van der Waals surface area (Å²) in [6, 6.07) is 5.57. The molecule has 0 saturated carbocycles. The van der Waals surface area contributed by atoms with Crippen molar-refractivity contribution >= 4 is 11.5 Å². The van der Waals surface area contributed by atoms with E-state index in [1.54, 1.807) is 10.6 Å². The predicted molar refractivity (Wildman–Crippen MR) is 55.3 cm³/mol. The van der Waals surface area contributed by atoms with Crippen molar-refractivity contribution in [2.24, 2.45) is 0 Å². The summed E-state index contributed by atoms with van der Waals surface area (Å²) in [5.41, 5.74) is 6.57. The molecule has 2 N–H and O–H groups in total. The average Bonchev–Trinajstić information content (AvgIpc) is 2.86. The van der Waals surface area contributed by atoms with Gasteiger partial charge in [-0.25, -0.2) is 4.98 Å². The van der Waals surface area contributed by atoms with E-state index in [4.69, 9.17) is 10.5 Å². The van der Waals surface area contributed by atoms with Crippen LogP contribution in [0.3, 0.4) is 0 Å². The smallest absolute Gasteiger partial charge is 0.180 e. The summed E-state index contributed by atoms with van der Waals surface area (Å²) in [6.45, 7) is 0.801. The molecule has 0 bridgehead atoms. The Kier molecular flexibility index (Phi) is 1.85. The zero-order chi connectivity index (χ0) is 10.3. The number of nitrogens with zero attached hydrogens (tertiary/aromatic N) is 3. The lowest BCUT2D eigenvalue weighted by molar-refractivity contribution is 0.105. The second-order valence-electron chi connectivity index (χ2n) is 3.69. The standard InChI is InChI=1S/C10H12N4O/c11-8-4-1-5-9-12-10(13-14(8)9)7-3-2-6-15-7/h1,4-5,7H,2-3,6,11H2. The summed E-state index contributed by atoms with van der Waals surface area (Å²) in [5, 5.41) is 4.35. The fraction of sp³-hybridized carbons (Fsp3) is 0.400. The number of pyridine rings is 1. The van der Waals surface area contributed by atoms with Gasteiger partial charge in [0.2, 0.25) is 0 Å². The van der Waals surface area contributed by atoms with Crippen LogP contribution in [0.2, 0.25) is 0 Å². The average molecular weight is 204 g/mol. The molecule has 1 saturated heterocycles. The van der Waals surface area contributed by atoms with Gasteiger partial charge in [-0.3, -0.25) is 0 Å². The predicted octanol–water partition coefficient (Wildman–Crippen LogP) is 1.16. The summed E-state index contributed by atoms with van der Waals surface area (Å²) in [5.74, 6) is 1.34. The molecule has 2 aromatic heterocycles. The Balaban J connectivity index is 2.09. The summed E-state index contributed by atoms with van der Waals surface area (Å²) in [4.78, 5) is 4.40. The zero-order valence-corrected chi connectivity index (χ0v) is 8.26. The van der Waals surface area contributed by atoms with Crippen LogP contribution in [0.5, 0.6) is 0 Å². The van der Waals surface area contributed by atoms with Gasteiger partial charge >= 0.3 is 0 Å². The third-order valence-corrected chi connectivity index (χ3v) is 2.62. The first-order chi connectivity index (χ1) is 7.34. The van der Waals surface area contributed by atoms with Crippen LogP contribution >= 0.6 is 0 Å². The molecule has 0 spiro atoms. The normalized spacial score (nSPS) is 21.2. The van der Waals surface area contributed by atoms with Gasteiger partial charge in [0.25, 0.3) is 0 Å². The molecule has 1 aliphatic rings. The minimum atomic E-state index is 0.0456. The molecule has 78 valence electrons. The third-order valence-electron chi connectivity index (χ3n) is 2.62. The first-order valence-corrected chi connectivity index (χ1v) is 5.07. The van der Waals surface area contributed by atoms with E-state index < -0.39 is 0 Å².